The summed E-state index contributed by atoms with van der Waals surface area (Å²) < 4.78 is 0. The van der Waals surface area contributed by atoms with Gasteiger partial charge in [0, 0.05) is 13.3 Å². The Kier molecular flexibility index (Phi) is 4.06. The highest BCUT2D eigenvalue weighted by Crippen LogP contribution is 2.47. The molecule has 0 saturated heterocycles. The molecule has 1 saturated carbocycles. The standard InChI is InChI=1S/C20H20N2/c1-22-14-16-7-9-17(10-8-16)18-11-12-20(13-18,15-21)19-5-3-2-4-6-19/h2-10,14,18H,11-13H2,1H3. The monoisotopic (exact) mass is 288 g/mol. The van der Waals surface area contributed by atoms with Crippen LogP contribution in [0.1, 0.15) is 41.9 Å². The molecule has 0 heterocycles. The molecule has 0 spiro atoms. The first-order chi connectivity index (χ1) is 10.8. The SMILES string of the molecule is CN=Cc1ccc(C2CCC(C#N)(c3ccccc3)C2)cc1. The first-order valence-electron chi connectivity index (χ1n) is 7.76. The Morgan fingerprint density at radius 3 is 2.50 bits per heavy atom. The van der Waals surface area contributed by atoms with Gasteiger partial charge in [-0.05, 0) is 41.9 Å². The maximum absolute atomic E-state index is 9.78. The summed E-state index contributed by atoms with van der Waals surface area (Å²) in [7, 11) is 1.78. The molecule has 2 atom stereocenters. The predicted octanol–water partition coefficient (Wildman–Crippen LogP) is 4.46. The molecule has 2 aromatic rings. The lowest BCUT2D eigenvalue weighted by atomic mass is 9.79. The molecule has 2 heteroatoms. The van der Waals surface area contributed by atoms with Crippen LogP contribution in [0.4, 0.5) is 0 Å². The number of benzene rings is 2. The van der Waals surface area contributed by atoms with Crippen LogP contribution in [0.2, 0.25) is 0 Å². The van der Waals surface area contributed by atoms with Crippen molar-refractivity contribution in [1.82, 2.24) is 0 Å². The lowest BCUT2D eigenvalue weighted by Gasteiger charge is -2.21. The fraction of sp³-hybridized carbons (Fsp3) is 0.300. The van der Waals surface area contributed by atoms with E-state index in [1.54, 1.807) is 7.05 Å². The Hall–Kier alpha value is -2.40. The van der Waals surface area contributed by atoms with Gasteiger partial charge in [0.1, 0.15) is 0 Å². The average molecular weight is 288 g/mol. The van der Waals surface area contributed by atoms with Gasteiger partial charge in [0.2, 0.25) is 0 Å². The fourth-order valence-electron chi connectivity index (χ4n) is 3.52. The second-order valence-corrected chi connectivity index (χ2v) is 6.05. The van der Waals surface area contributed by atoms with Gasteiger partial charge in [0.15, 0.2) is 0 Å². The Labute approximate surface area is 132 Å². The van der Waals surface area contributed by atoms with Crippen LogP contribution in [0, 0.1) is 11.3 Å². The van der Waals surface area contributed by atoms with Gasteiger partial charge in [-0.1, -0.05) is 54.6 Å². The van der Waals surface area contributed by atoms with Gasteiger partial charge in [0.25, 0.3) is 0 Å². The van der Waals surface area contributed by atoms with Crippen LogP contribution in [0.5, 0.6) is 0 Å². The number of rotatable bonds is 3. The second-order valence-electron chi connectivity index (χ2n) is 6.05. The predicted molar refractivity (Wildman–Crippen MR) is 90.3 cm³/mol. The number of hydrogen-bond acceptors (Lipinski definition) is 2. The second kappa shape index (κ2) is 6.15. The first kappa shape index (κ1) is 14.5. The third-order valence-corrected chi connectivity index (χ3v) is 4.74. The number of aliphatic imine (C=N–C) groups is 1. The van der Waals surface area contributed by atoms with Gasteiger partial charge in [-0.25, -0.2) is 0 Å². The molecule has 0 N–H and O–H groups in total. The Bertz CT molecular complexity index is 695. The van der Waals surface area contributed by atoms with Crippen LogP contribution >= 0.6 is 0 Å². The molecular weight excluding hydrogens is 268 g/mol. The third kappa shape index (κ3) is 2.67. The zero-order valence-electron chi connectivity index (χ0n) is 12.9. The molecular formula is C20H20N2. The summed E-state index contributed by atoms with van der Waals surface area (Å²) in [5.41, 5.74) is 3.30. The van der Waals surface area contributed by atoms with Gasteiger partial charge in [0.05, 0.1) is 11.5 Å². The average Bonchev–Trinajstić information content (AvgIpc) is 3.03. The highest BCUT2D eigenvalue weighted by atomic mass is 14.6. The first-order valence-corrected chi connectivity index (χ1v) is 7.76. The minimum atomic E-state index is -0.324. The zero-order valence-corrected chi connectivity index (χ0v) is 12.9. The topological polar surface area (TPSA) is 36.1 Å². The molecule has 1 aliphatic rings. The Balaban J connectivity index is 1.83. The molecule has 1 fully saturated rings. The molecule has 3 rings (SSSR count). The van der Waals surface area contributed by atoms with E-state index in [9.17, 15) is 5.26 Å². The molecule has 0 bridgehead atoms. The van der Waals surface area contributed by atoms with Crippen molar-refractivity contribution in [3.8, 4) is 6.07 Å². The molecule has 1 aliphatic carbocycles. The van der Waals surface area contributed by atoms with Crippen molar-refractivity contribution in [3.63, 3.8) is 0 Å². The summed E-state index contributed by atoms with van der Waals surface area (Å²) in [6.07, 6.45) is 4.79. The van der Waals surface area contributed by atoms with Gasteiger partial charge >= 0.3 is 0 Å². The summed E-state index contributed by atoms with van der Waals surface area (Å²) in [5, 5.41) is 9.78. The van der Waals surface area contributed by atoms with Gasteiger partial charge in [-0.3, -0.25) is 4.99 Å². The van der Waals surface area contributed by atoms with Crippen LogP contribution in [0.25, 0.3) is 0 Å². The van der Waals surface area contributed by atoms with Crippen molar-refractivity contribution in [2.45, 2.75) is 30.6 Å². The number of nitriles is 1. The Morgan fingerprint density at radius 1 is 1.14 bits per heavy atom. The summed E-state index contributed by atoms with van der Waals surface area (Å²) in [5.74, 6) is 0.465. The van der Waals surface area contributed by atoms with E-state index in [0.29, 0.717) is 5.92 Å². The van der Waals surface area contributed by atoms with Crippen LogP contribution in [0.3, 0.4) is 0 Å². The molecule has 0 amide bonds. The van der Waals surface area contributed by atoms with Crippen LogP contribution in [0.15, 0.2) is 59.6 Å². The van der Waals surface area contributed by atoms with E-state index in [1.165, 1.54) is 5.56 Å². The molecule has 0 aliphatic heterocycles. The minimum absolute atomic E-state index is 0.324. The van der Waals surface area contributed by atoms with Crippen molar-refractivity contribution in [2.24, 2.45) is 4.99 Å². The van der Waals surface area contributed by atoms with Gasteiger partial charge in [-0.2, -0.15) is 5.26 Å². The normalized spacial score (nSPS) is 24.5. The molecule has 22 heavy (non-hydrogen) atoms. The minimum Gasteiger partial charge on any atom is -0.296 e. The maximum atomic E-state index is 9.78. The molecule has 0 radical (unpaired) electrons. The zero-order chi connectivity index (χ0) is 15.4. The van der Waals surface area contributed by atoms with E-state index in [1.807, 2.05) is 24.4 Å². The van der Waals surface area contributed by atoms with Crippen LogP contribution in [-0.2, 0) is 5.41 Å². The summed E-state index contributed by atoms with van der Waals surface area (Å²) in [6.45, 7) is 0. The number of hydrogen-bond donors (Lipinski definition) is 0. The van der Waals surface area contributed by atoms with Crippen molar-refractivity contribution in [3.05, 3.63) is 71.3 Å². The molecule has 0 aromatic heterocycles. The van der Waals surface area contributed by atoms with Gasteiger partial charge in [-0.15, -0.1) is 0 Å². The van der Waals surface area contributed by atoms with Crippen LogP contribution < -0.4 is 0 Å². The van der Waals surface area contributed by atoms with Gasteiger partial charge < -0.3 is 0 Å². The third-order valence-electron chi connectivity index (χ3n) is 4.74. The lowest BCUT2D eigenvalue weighted by molar-refractivity contribution is 0.560. The van der Waals surface area contributed by atoms with E-state index in [0.717, 1.165) is 30.4 Å². The quantitative estimate of drug-likeness (QED) is 0.768. The van der Waals surface area contributed by atoms with E-state index >= 15 is 0 Å². The number of nitrogens with zero attached hydrogens (tertiary/aromatic N) is 2. The van der Waals surface area contributed by atoms with Crippen molar-refractivity contribution < 1.29 is 0 Å². The lowest BCUT2D eigenvalue weighted by Crippen LogP contribution is -2.19. The van der Waals surface area contributed by atoms with Crippen molar-refractivity contribution in [1.29, 1.82) is 5.26 Å². The van der Waals surface area contributed by atoms with E-state index < -0.39 is 0 Å². The Morgan fingerprint density at radius 2 is 1.86 bits per heavy atom. The van der Waals surface area contributed by atoms with E-state index in [4.69, 9.17) is 0 Å². The molecule has 2 nitrogen and oxygen atoms in total. The molecule has 2 unspecified atom stereocenters. The summed E-state index contributed by atoms with van der Waals surface area (Å²) in [6, 6.07) is 21.4. The summed E-state index contributed by atoms with van der Waals surface area (Å²) >= 11 is 0. The fourth-order valence-corrected chi connectivity index (χ4v) is 3.52. The molecule has 110 valence electrons. The van der Waals surface area contributed by atoms with E-state index in [2.05, 4.69) is 47.5 Å². The highest BCUT2D eigenvalue weighted by molar-refractivity contribution is 5.79. The maximum Gasteiger partial charge on any atom is 0.0828 e. The highest BCUT2D eigenvalue weighted by Gasteiger charge is 2.41. The van der Waals surface area contributed by atoms with E-state index in [-0.39, 0.29) is 5.41 Å². The smallest absolute Gasteiger partial charge is 0.0828 e. The summed E-state index contributed by atoms with van der Waals surface area (Å²) in [4.78, 5) is 4.04. The largest absolute Gasteiger partial charge is 0.296 e. The van der Waals surface area contributed by atoms with Crippen molar-refractivity contribution in [2.75, 3.05) is 7.05 Å². The van der Waals surface area contributed by atoms with Crippen molar-refractivity contribution >= 4 is 6.21 Å². The molecule has 2 aromatic carbocycles. The van der Waals surface area contributed by atoms with Crippen LogP contribution in [-0.4, -0.2) is 13.3 Å².